The Labute approximate surface area is 77.1 Å². The van der Waals surface area contributed by atoms with Gasteiger partial charge in [-0.3, -0.25) is 4.74 Å². The zero-order valence-electron chi connectivity index (χ0n) is 7.40. The lowest BCUT2D eigenvalue weighted by molar-refractivity contribution is -0.394. The Hall–Kier alpha value is -0.420. The third kappa shape index (κ3) is 2.28. The number of ether oxygens (including phenoxy) is 3. The van der Waals surface area contributed by atoms with Crippen molar-refractivity contribution in [1.82, 2.24) is 0 Å². The van der Waals surface area contributed by atoms with Crippen molar-refractivity contribution in [2.75, 3.05) is 13.2 Å². The van der Waals surface area contributed by atoms with E-state index in [1.54, 1.807) is 6.08 Å². The van der Waals surface area contributed by atoms with Crippen LogP contribution in [0.1, 0.15) is 19.3 Å². The molecule has 0 aromatic carbocycles. The highest BCUT2D eigenvalue weighted by atomic mass is 16.9. The van der Waals surface area contributed by atoms with Gasteiger partial charge >= 0.3 is 5.97 Å². The van der Waals surface area contributed by atoms with Crippen LogP contribution in [0.5, 0.6) is 0 Å². The highest BCUT2D eigenvalue weighted by Gasteiger charge is 2.35. The van der Waals surface area contributed by atoms with Crippen molar-refractivity contribution < 1.29 is 19.3 Å². The van der Waals surface area contributed by atoms with E-state index < -0.39 is 12.3 Å². The number of hydrogen-bond donors (Lipinski definition) is 0. The molecule has 73 valence electrons. The van der Waals surface area contributed by atoms with E-state index in [2.05, 4.69) is 0 Å². The Morgan fingerprint density at radius 3 is 3.00 bits per heavy atom. The molecule has 2 unspecified atom stereocenters. The lowest BCUT2D eigenvalue weighted by atomic mass is 10.2. The van der Waals surface area contributed by atoms with Gasteiger partial charge in [-0.2, -0.15) is 5.11 Å². The molecular weight excluding hydrogens is 172 g/mol. The fourth-order valence-electron chi connectivity index (χ4n) is 1.47. The van der Waals surface area contributed by atoms with E-state index in [-0.39, 0.29) is 0 Å². The van der Waals surface area contributed by atoms with Crippen LogP contribution in [-0.4, -0.2) is 25.5 Å². The SMILES string of the molecule is [O]C1(OC2CCCCO2)C=CCO1. The van der Waals surface area contributed by atoms with Gasteiger partial charge in [0.15, 0.2) is 6.29 Å². The molecule has 0 bridgehead atoms. The average Bonchev–Trinajstić information content (AvgIpc) is 2.54. The Morgan fingerprint density at radius 1 is 1.46 bits per heavy atom. The maximum absolute atomic E-state index is 11.6. The van der Waals surface area contributed by atoms with Gasteiger partial charge in [0.25, 0.3) is 0 Å². The predicted octanol–water partition coefficient (Wildman–Crippen LogP) is 1.20. The molecule has 0 aromatic heterocycles. The predicted molar refractivity (Wildman–Crippen MR) is 43.2 cm³/mol. The Kier molecular flexibility index (Phi) is 2.64. The van der Waals surface area contributed by atoms with Gasteiger partial charge in [-0.1, -0.05) is 6.08 Å². The van der Waals surface area contributed by atoms with Gasteiger partial charge in [0, 0.05) is 12.7 Å². The summed E-state index contributed by atoms with van der Waals surface area (Å²) in [5.74, 6) is -1.80. The Morgan fingerprint density at radius 2 is 2.38 bits per heavy atom. The topological polar surface area (TPSA) is 47.6 Å². The lowest BCUT2D eigenvalue weighted by Gasteiger charge is -2.27. The first-order valence-corrected chi connectivity index (χ1v) is 4.60. The minimum Gasteiger partial charge on any atom is -0.352 e. The van der Waals surface area contributed by atoms with E-state index in [1.165, 1.54) is 6.08 Å². The van der Waals surface area contributed by atoms with Crippen LogP contribution in [0.4, 0.5) is 0 Å². The molecule has 1 radical (unpaired) electrons. The van der Waals surface area contributed by atoms with Crippen molar-refractivity contribution in [2.24, 2.45) is 0 Å². The van der Waals surface area contributed by atoms with E-state index >= 15 is 0 Å². The molecule has 0 aromatic rings. The average molecular weight is 185 g/mol. The van der Waals surface area contributed by atoms with Crippen molar-refractivity contribution in [1.29, 1.82) is 0 Å². The normalized spacial score (nSPS) is 39.6. The van der Waals surface area contributed by atoms with E-state index in [1.807, 2.05) is 0 Å². The van der Waals surface area contributed by atoms with Gasteiger partial charge in [-0.15, -0.1) is 0 Å². The maximum Gasteiger partial charge on any atom is 0.335 e. The van der Waals surface area contributed by atoms with E-state index in [4.69, 9.17) is 14.2 Å². The molecule has 2 aliphatic heterocycles. The van der Waals surface area contributed by atoms with Crippen molar-refractivity contribution in [2.45, 2.75) is 31.5 Å². The second-order valence-electron chi connectivity index (χ2n) is 3.23. The van der Waals surface area contributed by atoms with Gasteiger partial charge in [0.2, 0.25) is 0 Å². The van der Waals surface area contributed by atoms with Crippen LogP contribution < -0.4 is 0 Å². The summed E-state index contributed by atoms with van der Waals surface area (Å²) in [6, 6.07) is 0. The van der Waals surface area contributed by atoms with Crippen LogP contribution in [0.25, 0.3) is 0 Å². The molecule has 2 rings (SSSR count). The summed E-state index contributed by atoms with van der Waals surface area (Å²) in [7, 11) is 0. The van der Waals surface area contributed by atoms with Crippen LogP contribution >= 0.6 is 0 Å². The molecule has 13 heavy (non-hydrogen) atoms. The monoisotopic (exact) mass is 185 g/mol. The molecule has 0 spiro atoms. The summed E-state index contributed by atoms with van der Waals surface area (Å²) in [4.78, 5) is 0. The van der Waals surface area contributed by atoms with Gasteiger partial charge < -0.3 is 9.47 Å². The highest BCUT2D eigenvalue weighted by molar-refractivity contribution is 4.96. The molecule has 4 nitrogen and oxygen atoms in total. The molecule has 2 heterocycles. The molecule has 1 saturated heterocycles. The molecule has 2 atom stereocenters. The first kappa shape index (κ1) is 9.15. The van der Waals surface area contributed by atoms with Crippen molar-refractivity contribution in [3.63, 3.8) is 0 Å². The van der Waals surface area contributed by atoms with E-state index in [9.17, 15) is 5.11 Å². The summed E-state index contributed by atoms with van der Waals surface area (Å²) in [5.41, 5.74) is 0. The maximum atomic E-state index is 11.6. The zero-order chi connectivity index (χ0) is 9.15. The molecular formula is C9H13O4. The van der Waals surface area contributed by atoms with Crippen molar-refractivity contribution >= 4 is 0 Å². The smallest absolute Gasteiger partial charge is 0.335 e. The van der Waals surface area contributed by atoms with Gasteiger partial charge in [0.05, 0.1) is 6.61 Å². The summed E-state index contributed by atoms with van der Waals surface area (Å²) in [5, 5.41) is 11.6. The fraction of sp³-hybridized carbons (Fsp3) is 0.778. The number of rotatable bonds is 2. The molecule has 1 fully saturated rings. The molecule has 4 heteroatoms. The van der Waals surface area contributed by atoms with Crippen LogP contribution in [0.2, 0.25) is 0 Å². The van der Waals surface area contributed by atoms with Gasteiger partial charge in [-0.25, -0.2) is 0 Å². The number of hydrogen-bond acceptors (Lipinski definition) is 3. The molecule has 0 saturated carbocycles. The van der Waals surface area contributed by atoms with Crippen LogP contribution in [0.3, 0.4) is 0 Å². The van der Waals surface area contributed by atoms with Gasteiger partial charge in [0.1, 0.15) is 0 Å². The van der Waals surface area contributed by atoms with Gasteiger partial charge in [-0.05, 0) is 19.3 Å². The molecule has 0 aliphatic carbocycles. The lowest BCUT2D eigenvalue weighted by Crippen LogP contribution is -2.36. The second-order valence-corrected chi connectivity index (χ2v) is 3.23. The standard InChI is InChI=1S/C9H13O4/c10-9(5-3-7-12-9)13-8-4-1-2-6-11-8/h3,5,8H,1-2,4,6-7H2. The second kappa shape index (κ2) is 3.75. The molecule has 2 aliphatic rings. The third-order valence-corrected chi connectivity index (χ3v) is 2.14. The van der Waals surface area contributed by atoms with Crippen LogP contribution in [-0.2, 0) is 19.3 Å². The fourth-order valence-corrected chi connectivity index (χ4v) is 1.47. The first-order valence-electron chi connectivity index (χ1n) is 4.60. The minimum atomic E-state index is -1.80. The Bertz CT molecular complexity index is 198. The van der Waals surface area contributed by atoms with E-state index in [0.717, 1.165) is 19.3 Å². The largest absolute Gasteiger partial charge is 0.352 e. The first-order chi connectivity index (χ1) is 6.29. The summed E-state index contributed by atoms with van der Waals surface area (Å²) >= 11 is 0. The van der Waals surface area contributed by atoms with Crippen molar-refractivity contribution in [3.8, 4) is 0 Å². The summed E-state index contributed by atoms with van der Waals surface area (Å²) in [6.45, 7) is 1.00. The minimum absolute atomic E-state index is 0.330. The summed E-state index contributed by atoms with van der Waals surface area (Å²) < 4.78 is 15.3. The quantitative estimate of drug-likeness (QED) is 0.479. The van der Waals surface area contributed by atoms with Crippen LogP contribution in [0, 0.1) is 0 Å². The third-order valence-electron chi connectivity index (χ3n) is 2.14. The highest BCUT2D eigenvalue weighted by Crippen LogP contribution is 2.24. The summed E-state index contributed by atoms with van der Waals surface area (Å²) in [6.07, 6.45) is 5.53. The van der Waals surface area contributed by atoms with E-state index in [0.29, 0.717) is 13.2 Å². The molecule has 0 amide bonds. The van der Waals surface area contributed by atoms with Crippen molar-refractivity contribution in [3.05, 3.63) is 12.2 Å². The zero-order valence-corrected chi connectivity index (χ0v) is 7.40. The van der Waals surface area contributed by atoms with Crippen LogP contribution in [0.15, 0.2) is 12.2 Å². The Balaban J connectivity index is 1.85. The molecule has 0 N–H and O–H groups in total.